The van der Waals surface area contributed by atoms with Crippen LogP contribution in [0.2, 0.25) is 10.0 Å². The van der Waals surface area contributed by atoms with Crippen LogP contribution in [0, 0.1) is 0 Å². The zero-order valence-corrected chi connectivity index (χ0v) is 27.5. The van der Waals surface area contributed by atoms with Gasteiger partial charge >= 0.3 is 5.97 Å². The second kappa shape index (κ2) is 14.0. The lowest BCUT2D eigenvalue weighted by molar-refractivity contribution is 0.0690. The Labute approximate surface area is 275 Å². The Morgan fingerprint density at radius 1 is 0.870 bits per heavy atom. The van der Waals surface area contributed by atoms with Gasteiger partial charge in [-0.25, -0.2) is 31.9 Å². The first-order valence-electron chi connectivity index (χ1n) is 13.7. The molecule has 0 saturated heterocycles. The number of carboxylic acids is 1. The van der Waals surface area contributed by atoms with Gasteiger partial charge < -0.3 is 25.7 Å². The van der Waals surface area contributed by atoms with Crippen molar-refractivity contribution in [3.8, 4) is 0 Å². The monoisotopic (exact) mass is 710 g/mol. The molecule has 2 aliphatic carbocycles. The number of nitrogens with zero attached hydrogens (tertiary/aromatic N) is 1. The molecule has 0 unspecified atom stereocenters. The van der Waals surface area contributed by atoms with Crippen molar-refractivity contribution in [3.63, 3.8) is 0 Å². The number of hydrogen-bond donors (Lipinski definition) is 6. The highest BCUT2D eigenvalue weighted by atomic mass is 35.5. The lowest BCUT2D eigenvalue weighted by atomic mass is 10.1. The molecule has 2 atom stereocenters. The number of aromatic nitrogens is 2. The summed E-state index contributed by atoms with van der Waals surface area (Å²) < 4.78 is 45.4. The van der Waals surface area contributed by atoms with E-state index < -0.39 is 26.0 Å². The predicted molar refractivity (Wildman–Crippen MR) is 173 cm³/mol. The summed E-state index contributed by atoms with van der Waals surface area (Å²) in [4.78, 5) is 24.9. The number of halogens is 2. The topological polar surface area (TPSA) is 233 Å². The van der Waals surface area contributed by atoms with Crippen LogP contribution in [0.3, 0.4) is 0 Å². The first-order valence-corrected chi connectivity index (χ1v) is 17.6. The predicted octanol–water partition coefficient (Wildman–Crippen LogP) is 3.39. The minimum atomic E-state index is -3.86. The van der Waals surface area contributed by atoms with E-state index in [-0.39, 0.29) is 39.4 Å². The van der Waals surface area contributed by atoms with Crippen LogP contribution >= 0.6 is 23.2 Å². The van der Waals surface area contributed by atoms with E-state index >= 15 is 0 Å². The van der Waals surface area contributed by atoms with E-state index in [1.807, 2.05) is 30.3 Å². The number of amides is 1. The number of carbonyl (C=O) groups is 2. The highest BCUT2D eigenvalue weighted by Crippen LogP contribution is 2.33. The van der Waals surface area contributed by atoms with Crippen LogP contribution in [-0.4, -0.2) is 43.4 Å². The second-order valence-corrected chi connectivity index (χ2v) is 14.6. The number of H-pyrrole nitrogens is 1. The van der Waals surface area contributed by atoms with E-state index in [1.165, 1.54) is 34.9 Å². The van der Waals surface area contributed by atoms with Gasteiger partial charge in [0.15, 0.2) is 5.03 Å². The average Bonchev–Trinajstić information content (AvgIpc) is 3.75. The first-order chi connectivity index (χ1) is 21.5. The molecule has 17 heteroatoms. The van der Waals surface area contributed by atoms with Crippen molar-refractivity contribution in [2.75, 3.05) is 0 Å². The third kappa shape index (κ3) is 8.36. The van der Waals surface area contributed by atoms with Crippen LogP contribution < -0.4 is 21.3 Å². The number of rotatable bonds is 5. The van der Waals surface area contributed by atoms with Gasteiger partial charge in [-0.15, -0.1) is 0 Å². The number of primary sulfonamides is 2. The van der Waals surface area contributed by atoms with Crippen LogP contribution in [0.25, 0.3) is 0 Å². The van der Waals surface area contributed by atoms with Gasteiger partial charge in [-0.2, -0.15) is 0 Å². The van der Waals surface area contributed by atoms with Crippen LogP contribution in [0.15, 0.2) is 70.7 Å². The maximum atomic E-state index is 12.4. The van der Waals surface area contributed by atoms with E-state index in [1.54, 1.807) is 6.07 Å². The van der Waals surface area contributed by atoms with Crippen LogP contribution in [0.1, 0.15) is 68.2 Å². The molecular formula is C29H32Cl2N6O7S2. The molecule has 46 heavy (non-hydrogen) atoms. The van der Waals surface area contributed by atoms with Crippen molar-refractivity contribution in [2.45, 2.75) is 47.8 Å². The number of hydrogen-bond acceptors (Lipinski definition) is 7. The van der Waals surface area contributed by atoms with Crippen LogP contribution in [-0.2, 0) is 39.9 Å². The molecule has 2 aromatic carbocycles. The molecule has 0 saturated carbocycles. The average molecular weight is 712 g/mol. The summed E-state index contributed by atoms with van der Waals surface area (Å²) >= 11 is 11.8. The molecule has 246 valence electrons. The highest BCUT2D eigenvalue weighted by molar-refractivity contribution is 7.89. The van der Waals surface area contributed by atoms with Gasteiger partial charge in [0.25, 0.3) is 26.0 Å². The zero-order valence-electron chi connectivity index (χ0n) is 24.4. The summed E-state index contributed by atoms with van der Waals surface area (Å²) in [5, 5.41) is 22.3. The van der Waals surface area contributed by atoms with Crippen molar-refractivity contribution < 1.29 is 31.5 Å². The Bertz CT molecular complexity index is 2010. The number of aromatic amines is 1. The maximum Gasteiger partial charge on any atom is 0.352 e. The fourth-order valence-corrected chi connectivity index (χ4v) is 6.90. The fraction of sp³-hybridized carbons (Fsp3) is 0.241. The number of benzene rings is 2. The van der Waals surface area contributed by atoms with E-state index in [0.717, 1.165) is 54.0 Å². The standard InChI is InChI=1S/C15H16ClN3O3S.C9H10ClN.C5H6N2O4S/c1-19-13(6-7-14(19)23(17,21)22)15(20)18-12-5-2-9-8-10(16)3-4-11(9)12;10-7-2-3-8-6(5-7)1-4-9(8)11;6-12(10,11)4-2-1-3(7-4)5(8)9/h3-4,6-8,12H,2,5H2,1H3,(H,18,20)(H2,17,21,22);2-3,5,9H,1,4,11H2;1-2,7H,(H,8,9)(H2,6,10,11)/t12-;9-;/m11./s1. The summed E-state index contributed by atoms with van der Waals surface area (Å²) in [6.45, 7) is 0. The van der Waals surface area contributed by atoms with Crippen LogP contribution in [0.5, 0.6) is 0 Å². The third-order valence-electron chi connectivity index (χ3n) is 7.51. The number of carboxylic acid groups (broad SMARTS) is 1. The summed E-state index contributed by atoms with van der Waals surface area (Å²) in [5.41, 5.74) is 10.7. The van der Waals surface area contributed by atoms with Gasteiger partial charge in [0.2, 0.25) is 0 Å². The minimum absolute atomic E-state index is 0.0961. The molecule has 1 amide bonds. The molecule has 6 rings (SSSR count). The largest absolute Gasteiger partial charge is 0.477 e. The number of nitrogens with one attached hydrogen (secondary N) is 2. The number of carbonyl (C=O) groups excluding carboxylic acids is 1. The number of nitrogens with two attached hydrogens (primary N) is 3. The minimum Gasteiger partial charge on any atom is -0.477 e. The summed E-state index contributed by atoms with van der Waals surface area (Å²) in [6.07, 6.45) is 3.77. The van der Waals surface area contributed by atoms with Crippen LogP contribution in [0.4, 0.5) is 0 Å². The Morgan fingerprint density at radius 3 is 1.98 bits per heavy atom. The molecule has 0 radical (unpaired) electrons. The zero-order chi connectivity index (χ0) is 34.0. The third-order valence-corrected chi connectivity index (χ3v) is 9.83. The Morgan fingerprint density at radius 2 is 1.46 bits per heavy atom. The highest BCUT2D eigenvalue weighted by Gasteiger charge is 2.26. The number of aromatic carboxylic acids is 1. The van der Waals surface area contributed by atoms with E-state index in [2.05, 4.69) is 10.3 Å². The second-order valence-electron chi connectivity index (χ2n) is 10.6. The molecule has 4 aromatic rings. The fourth-order valence-electron chi connectivity index (χ4n) is 5.26. The summed E-state index contributed by atoms with van der Waals surface area (Å²) in [5.74, 6) is -1.57. The van der Waals surface area contributed by atoms with E-state index in [9.17, 15) is 26.4 Å². The lowest BCUT2D eigenvalue weighted by Crippen LogP contribution is -2.29. The molecule has 9 N–H and O–H groups in total. The first kappa shape index (κ1) is 35.2. The normalized spacial score (nSPS) is 16.7. The summed E-state index contributed by atoms with van der Waals surface area (Å²) in [6, 6.07) is 16.7. The Hall–Kier alpha value is -3.70. The molecule has 0 spiro atoms. The summed E-state index contributed by atoms with van der Waals surface area (Å²) in [7, 11) is -6.20. The van der Waals surface area contributed by atoms with Crippen molar-refractivity contribution in [3.05, 3.63) is 104 Å². The van der Waals surface area contributed by atoms with Gasteiger partial charge in [-0.05, 0) is 96.5 Å². The van der Waals surface area contributed by atoms with Crippen molar-refractivity contribution in [2.24, 2.45) is 23.1 Å². The molecule has 2 heterocycles. The quantitative estimate of drug-likeness (QED) is 0.179. The van der Waals surface area contributed by atoms with Gasteiger partial charge in [0.1, 0.15) is 16.4 Å². The van der Waals surface area contributed by atoms with Gasteiger partial charge in [0, 0.05) is 23.1 Å². The van der Waals surface area contributed by atoms with Crippen molar-refractivity contribution in [1.29, 1.82) is 0 Å². The van der Waals surface area contributed by atoms with E-state index in [0.29, 0.717) is 5.02 Å². The van der Waals surface area contributed by atoms with Gasteiger partial charge in [-0.3, -0.25) is 4.79 Å². The Balaban J connectivity index is 0.000000175. The molecule has 2 aliphatic rings. The Kier molecular flexibility index (Phi) is 10.7. The van der Waals surface area contributed by atoms with Crippen molar-refractivity contribution in [1.82, 2.24) is 14.9 Å². The van der Waals surface area contributed by atoms with Gasteiger partial charge in [-0.1, -0.05) is 35.3 Å². The van der Waals surface area contributed by atoms with E-state index in [4.69, 9.17) is 44.3 Å². The molecule has 0 bridgehead atoms. The smallest absolute Gasteiger partial charge is 0.352 e. The molecule has 0 aliphatic heterocycles. The van der Waals surface area contributed by atoms with Gasteiger partial charge in [0.05, 0.1) is 6.04 Å². The maximum absolute atomic E-state index is 12.4. The van der Waals surface area contributed by atoms with Crippen molar-refractivity contribution >= 4 is 55.1 Å². The SMILES string of the molecule is Cn1c(C(=O)N[C@@H]2CCc3cc(Cl)ccc32)ccc1S(N)(=O)=O.NS(=O)(=O)c1ccc(C(=O)O)[nH]1.N[C@@H]1CCc2cc(Cl)ccc21. The molecule has 0 fully saturated rings. The molecule has 13 nitrogen and oxygen atoms in total. The number of sulfonamides is 2. The number of fused-ring (bicyclic) bond motifs is 2. The molecule has 2 aromatic heterocycles. The molecular weight excluding hydrogens is 679 g/mol. The number of aryl methyl sites for hydroxylation is 2. The lowest BCUT2D eigenvalue weighted by Gasteiger charge is -2.15.